The van der Waals surface area contributed by atoms with Gasteiger partial charge >= 0.3 is 0 Å². The van der Waals surface area contributed by atoms with Crippen molar-refractivity contribution in [3.63, 3.8) is 0 Å². The number of aryl methyl sites for hydroxylation is 1. The van der Waals surface area contributed by atoms with Gasteiger partial charge < -0.3 is 14.6 Å². The highest BCUT2D eigenvalue weighted by molar-refractivity contribution is 5.93. The molecule has 0 bridgehead atoms. The molecule has 4 aromatic rings. The van der Waals surface area contributed by atoms with E-state index in [9.17, 15) is 4.79 Å². The molecule has 5 nitrogen and oxygen atoms in total. The monoisotopic (exact) mass is 426 g/mol. The molecule has 1 N–H and O–H groups in total. The van der Waals surface area contributed by atoms with Crippen LogP contribution in [0.5, 0.6) is 11.5 Å². The SMILES string of the molecule is Cc1ccc(-c2cc(C(=O)NCc3ccc(Oc4ccc(C(C)C)cc4)cc3)no2)cc1. The molecule has 4 rings (SSSR count). The second-order valence-electron chi connectivity index (χ2n) is 8.09. The Bertz CT molecular complexity index is 1180. The summed E-state index contributed by atoms with van der Waals surface area (Å²) in [5.41, 5.74) is 4.54. The number of nitrogens with zero attached hydrogens (tertiary/aromatic N) is 1. The summed E-state index contributed by atoms with van der Waals surface area (Å²) in [7, 11) is 0. The Hall–Kier alpha value is -3.86. The predicted octanol–water partition coefficient (Wildman–Crippen LogP) is 6.50. The first-order valence-electron chi connectivity index (χ1n) is 10.7. The number of ether oxygens (including phenoxy) is 1. The van der Waals surface area contributed by atoms with Crippen LogP contribution in [0.15, 0.2) is 83.4 Å². The van der Waals surface area contributed by atoms with Crippen molar-refractivity contribution in [3.8, 4) is 22.8 Å². The van der Waals surface area contributed by atoms with E-state index in [0.29, 0.717) is 18.2 Å². The van der Waals surface area contributed by atoms with Crippen LogP contribution in [0.2, 0.25) is 0 Å². The van der Waals surface area contributed by atoms with Crippen LogP contribution < -0.4 is 10.1 Å². The number of amides is 1. The average Bonchev–Trinajstić information content (AvgIpc) is 3.30. The van der Waals surface area contributed by atoms with Gasteiger partial charge in [0.1, 0.15) is 11.5 Å². The second kappa shape index (κ2) is 9.52. The van der Waals surface area contributed by atoms with Crippen LogP contribution in [0.25, 0.3) is 11.3 Å². The zero-order chi connectivity index (χ0) is 22.5. The molecule has 0 aliphatic rings. The minimum atomic E-state index is -0.280. The molecular formula is C27H26N2O3. The molecule has 0 saturated heterocycles. The van der Waals surface area contributed by atoms with Crippen LogP contribution in [0, 0.1) is 6.92 Å². The van der Waals surface area contributed by atoms with E-state index in [-0.39, 0.29) is 11.6 Å². The molecule has 0 spiro atoms. The van der Waals surface area contributed by atoms with Gasteiger partial charge in [0.05, 0.1) is 0 Å². The van der Waals surface area contributed by atoms with Crippen molar-refractivity contribution in [2.75, 3.05) is 0 Å². The molecule has 1 amide bonds. The third kappa shape index (κ3) is 5.24. The summed E-state index contributed by atoms with van der Waals surface area (Å²) in [4.78, 5) is 12.4. The fraction of sp³-hybridized carbons (Fsp3) is 0.185. The second-order valence-corrected chi connectivity index (χ2v) is 8.09. The average molecular weight is 427 g/mol. The molecule has 0 atom stereocenters. The van der Waals surface area contributed by atoms with E-state index in [4.69, 9.17) is 9.26 Å². The minimum Gasteiger partial charge on any atom is -0.457 e. The fourth-order valence-electron chi connectivity index (χ4n) is 3.24. The summed E-state index contributed by atoms with van der Waals surface area (Å²) in [5.74, 6) is 2.32. The first-order valence-corrected chi connectivity index (χ1v) is 10.7. The van der Waals surface area contributed by atoms with Gasteiger partial charge in [-0.15, -0.1) is 0 Å². The van der Waals surface area contributed by atoms with Crippen LogP contribution in [0.1, 0.15) is 46.9 Å². The molecule has 1 heterocycles. The van der Waals surface area contributed by atoms with E-state index in [0.717, 1.165) is 28.2 Å². The maximum absolute atomic E-state index is 12.4. The Morgan fingerprint density at radius 1 is 0.938 bits per heavy atom. The molecule has 0 saturated carbocycles. The number of benzene rings is 3. The number of carbonyl (C=O) groups is 1. The van der Waals surface area contributed by atoms with Crippen molar-refractivity contribution in [1.82, 2.24) is 10.5 Å². The van der Waals surface area contributed by atoms with E-state index in [1.54, 1.807) is 6.07 Å². The van der Waals surface area contributed by atoms with Crippen molar-refractivity contribution >= 4 is 5.91 Å². The molecular weight excluding hydrogens is 400 g/mol. The molecule has 0 unspecified atom stereocenters. The molecule has 0 radical (unpaired) electrons. The van der Waals surface area contributed by atoms with E-state index in [2.05, 4.69) is 36.5 Å². The molecule has 0 aliphatic carbocycles. The summed E-state index contributed by atoms with van der Waals surface area (Å²) in [6.07, 6.45) is 0. The third-order valence-corrected chi connectivity index (χ3v) is 5.24. The highest BCUT2D eigenvalue weighted by Gasteiger charge is 2.13. The Morgan fingerprint density at radius 2 is 1.56 bits per heavy atom. The Morgan fingerprint density at radius 3 is 2.19 bits per heavy atom. The van der Waals surface area contributed by atoms with Crippen molar-refractivity contribution < 1.29 is 14.1 Å². The van der Waals surface area contributed by atoms with Gasteiger partial charge in [0.2, 0.25) is 0 Å². The lowest BCUT2D eigenvalue weighted by Crippen LogP contribution is -2.22. The summed E-state index contributed by atoms with van der Waals surface area (Å²) in [5, 5.41) is 6.77. The smallest absolute Gasteiger partial charge is 0.273 e. The number of aromatic nitrogens is 1. The lowest BCUT2D eigenvalue weighted by molar-refractivity contribution is 0.0942. The zero-order valence-corrected chi connectivity index (χ0v) is 18.5. The van der Waals surface area contributed by atoms with E-state index >= 15 is 0 Å². The molecule has 0 aliphatic heterocycles. The van der Waals surface area contributed by atoms with Gasteiger partial charge in [-0.2, -0.15) is 0 Å². The van der Waals surface area contributed by atoms with Gasteiger partial charge in [-0.1, -0.05) is 73.1 Å². The molecule has 5 heteroatoms. The highest BCUT2D eigenvalue weighted by atomic mass is 16.5. The fourth-order valence-corrected chi connectivity index (χ4v) is 3.24. The molecule has 3 aromatic carbocycles. The largest absolute Gasteiger partial charge is 0.457 e. The quantitative estimate of drug-likeness (QED) is 0.366. The van der Waals surface area contributed by atoms with Crippen molar-refractivity contribution in [3.05, 3.63) is 101 Å². The topological polar surface area (TPSA) is 64.4 Å². The van der Waals surface area contributed by atoms with Gasteiger partial charge in [0.25, 0.3) is 5.91 Å². The summed E-state index contributed by atoms with van der Waals surface area (Å²) in [6.45, 7) is 6.73. The van der Waals surface area contributed by atoms with E-state index < -0.39 is 0 Å². The standard InChI is InChI=1S/C27H26N2O3/c1-18(2)21-10-14-24(15-11-21)31-23-12-6-20(7-13-23)17-28-27(30)25-16-26(32-29-25)22-8-4-19(3)5-9-22/h4-16,18H,17H2,1-3H3,(H,28,30). The van der Waals surface area contributed by atoms with Gasteiger partial charge in [-0.25, -0.2) is 0 Å². The Kier molecular flexibility index (Phi) is 6.36. The van der Waals surface area contributed by atoms with Crippen molar-refractivity contribution in [2.45, 2.75) is 33.2 Å². The summed E-state index contributed by atoms with van der Waals surface area (Å²) < 4.78 is 11.2. The number of rotatable bonds is 7. The summed E-state index contributed by atoms with van der Waals surface area (Å²) in [6, 6.07) is 25.3. The molecule has 162 valence electrons. The zero-order valence-electron chi connectivity index (χ0n) is 18.5. The molecule has 1 aromatic heterocycles. The predicted molar refractivity (Wildman–Crippen MR) is 125 cm³/mol. The van der Waals surface area contributed by atoms with Gasteiger partial charge in [-0.3, -0.25) is 4.79 Å². The van der Waals surface area contributed by atoms with E-state index in [1.165, 1.54) is 5.56 Å². The van der Waals surface area contributed by atoms with Crippen LogP contribution in [-0.2, 0) is 6.54 Å². The van der Waals surface area contributed by atoms with Crippen LogP contribution >= 0.6 is 0 Å². The first kappa shape index (κ1) is 21.4. The van der Waals surface area contributed by atoms with Gasteiger partial charge in [-0.05, 0) is 48.2 Å². The van der Waals surface area contributed by atoms with Crippen molar-refractivity contribution in [2.24, 2.45) is 0 Å². The van der Waals surface area contributed by atoms with Crippen LogP contribution in [-0.4, -0.2) is 11.1 Å². The van der Waals surface area contributed by atoms with E-state index in [1.807, 2.05) is 67.6 Å². The lowest BCUT2D eigenvalue weighted by Gasteiger charge is -2.09. The first-order chi connectivity index (χ1) is 15.5. The number of nitrogens with one attached hydrogen (secondary N) is 1. The molecule has 0 fully saturated rings. The highest BCUT2D eigenvalue weighted by Crippen LogP contribution is 2.24. The maximum atomic E-state index is 12.4. The summed E-state index contributed by atoms with van der Waals surface area (Å²) >= 11 is 0. The van der Waals surface area contributed by atoms with Crippen LogP contribution in [0.3, 0.4) is 0 Å². The lowest BCUT2D eigenvalue weighted by atomic mass is 10.0. The van der Waals surface area contributed by atoms with Gasteiger partial charge in [0.15, 0.2) is 11.5 Å². The minimum absolute atomic E-state index is 0.255. The third-order valence-electron chi connectivity index (χ3n) is 5.24. The Balaban J connectivity index is 1.32. The maximum Gasteiger partial charge on any atom is 0.273 e. The number of hydrogen-bond acceptors (Lipinski definition) is 4. The number of hydrogen-bond donors (Lipinski definition) is 1. The Labute approximate surface area is 188 Å². The molecule has 32 heavy (non-hydrogen) atoms. The normalized spacial score (nSPS) is 10.9. The van der Waals surface area contributed by atoms with Gasteiger partial charge in [0, 0.05) is 18.2 Å². The van der Waals surface area contributed by atoms with Crippen LogP contribution in [0.4, 0.5) is 0 Å². The number of carbonyl (C=O) groups excluding carboxylic acids is 1. The van der Waals surface area contributed by atoms with Crippen molar-refractivity contribution in [1.29, 1.82) is 0 Å².